The second kappa shape index (κ2) is 4.35. The smallest absolute Gasteiger partial charge is 0.252 e. The SMILES string of the molecule is CSC1(CNC(=O)c2cccc3[nH]ccc23)CC1. The van der Waals surface area contributed by atoms with Crippen LogP contribution in [0.2, 0.25) is 0 Å². The van der Waals surface area contributed by atoms with Crippen molar-refractivity contribution in [2.75, 3.05) is 12.8 Å². The van der Waals surface area contributed by atoms with Gasteiger partial charge >= 0.3 is 0 Å². The Morgan fingerprint density at radius 3 is 3.00 bits per heavy atom. The first-order valence-electron chi connectivity index (χ1n) is 6.14. The summed E-state index contributed by atoms with van der Waals surface area (Å²) in [7, 11) is 0. The van der Waals surface area contributed by atoms with Crippen LogP contribution in [0.5, 0.6) is 0 Å². The molecule has 1 fully saturated rings. The van der Waals surface area contributed by atoms with Crippen molar-refractivity contribution in [2.24, 2.45) is 0 Å². The monoisotopic (exact) mass is 260 g/mol. The fraction of sp³-hybridized carbons (Fsp3) is 0.357. The van der Waals surface area contributed by atoms with Crippen LogP contribution in [-0.2, 0) is 0 Å². The third-order valence-electron chi connectivity index (χ3n) is 3.65. The maximum absolute atomic E-state index is 12.2. The summed E-state index contributed by atoms with van der Waals surface area (Å²) in [4.78, 5) is 15.3. The summed E-state index contributed by atoms with van der Waals surface area (Å²) in [6, 6.07) is 7.72. The van der Waals surface area contributed by atoms with Crippen molar-refractivity contribution in [1.82, 2.24) is 10.3 Å². The van der Waals surface area contributed by atoms with E-state index in [2.05, 4.69) is 16.6 Å². The van der Waals surface area contributed by atoms with Gasteiger partial charge in [0, 0.05) is 34.0 Å². The molecule has 18 heavy (non-hydrogen) atoms. The highest BCUT2D eigenvalue weighted by molar-refractivity contribution is 8.00. The quantitative estimate of drug-likeness (QED) is 0.888. The Morgan fingerprint density at radius 2 is 2.28 bits per heavy atom. The maximum Gasteiger partial charge on any atom is 0.252 e. The number of fused-ring (bicyclic) bond motifs is 1. The van der Waals surface area contributed by atoms with Crippen LogP contribution in [0.15, 0.2) is 30.5 Å². The molecule has 2 aromatic rings. The number of aromatic nitrogens is 1. The third-order valence-corrected chi connectivity index (χ3v) is 5.07. The molecule has 0 spiro atoms. The number of carbonyl (C=O) groups is 1. The minimum Gasteiger partial charge on any atom is -0.361 e. The van der Waals surface area contributed by atoms with Crippen molar-refractivity contribution in [3.05, 3.63) is 36.0 Å². The van der Waals surface area contributed by atoms with Crippen LogP contribution in [0.4, 0.5) is 0 Å². The van der Waals surface area contributed by atoms with Crippen LogP contribution in [0, 0.1) is 0 Å². The van der Waals surface area contributed by atoms with Gasteiger partial charge < -0.3 is 10.3 Å². The van der Waals surface area contributed by atoms with Gasteiger partial charge in [-0.25, -0.2) is 0 Å². The number of thioether (sulfide) groups is 1. The van der Waals surface area contributed by atoms with Crippen molar-refractivity contribution in [2.45, 2.75) is 17.6 Å². The molecule has 0 atom stereocenters. The molecule has 0 saturated heterocycles. The molecule has 1 aliphatic carbocycles. The number of benzene rings is 1. The maximum atomic E-state index is 12.2. The fourth-order valence-electron chi connectivity index (χ4n) is 2.21. The van der Waals surface area contributed by atoms with Crippen LogP contribution >= 0.6 is 11.8 Å². The Labute approximate surface area is 110 Å². The lowest BCUT2D eigenvalue weighted by atomic mass is 10.1. The summed E-state index contributed by atoms with van der Waals surface area (Å²) in [6.45, 7) is 0.772. The molecule has 0 aliphatic heterocycles. The van der Waals surface area contributed by atoms with Crippen LogP contribution in [-0.4, -0.2) is 28.4 Å². The Bertz CT molecular complexity index is 586. The largest absolute Gasteiger partial charge is 0.361 e. The van der Waals surface area contributed by atoms with Crippen LogP contribution in [0.25, 0.3) is 10.9 Å². The van der Waals surface area contributed by atoms with E-state index in [0.717, 1.165) is 23.0 Å². The Balaban J connectivity index is 1.78. The highest BCUT2D eigenvalue weighted by Gasteiger charge is 2.41. The number of aromatic amines is 1. The topological polar surface area (TPSA) is 44.9 Å². The first-order chi connectivity index (χ1) is 8.74. The van der Waals surface area contributed by atoms with Crippen molar-refractivity contribution < 1.29 is 4.79 Å². The number of H-pyrrole nitrogens is 1. The Kier molecular flexibility index (Phi) is 2.82. The normalized spacial score (nSPS) is 16.7. The molecule has 1 aliphatic rings. The van der Waals surface area contributed by atoms with E-state index >= 15 is 0 Å². The zero-order chi connectivity index (χ0) is 12.6. The van der Waals surface area contributed by atoms with Gasteiger partial charge in [0.15, 0.2) is 0 Å². The van der Waals surface area contributed by atoms with Crippen molar-refractivity contribution in [1.29, 1.82) is 0 Å². The molecule has 1 aromatic heterocycles. The van der Waals surface area contributed by atoms with E-state index in [4.69, 9.17) is 0 Å². The summed E-state index contributed by atoms with van der Waals surface area (Å²) < 4.78 is 0.307. The van der Waals surface area contributed by atoms with E-state index in [1.165, 1.54) is 12.8 Å². The third kappa shape index (κ3) is 2.01. The minimum absolute atomic E-state index is 0.0283. The second-order valence-corrected chi connectivity index (χ2v) is 6.09. The molecule has 1 saturated carbocycles. The van der Waals surface area contributed by atoms with Gasteiger partial charge in [-0.3, -0.25) is 4.79 Å². The standard InChI is InChI=1S/C14H16N2OS/c1-18-14(6-7-14)9-16-13(17)11-3-2-4-12-10(11)5-8-15-12/h2-5,8,15H,6-7,9H2,1H3,(H,16,17). The highest BCUT2D eigenvalue weighted by Crippen LogP contribution is 2.46. The fourth-order valence-corrected chi connectivity index (χ4v) is 2.94. The summed E-state index contributed by atoms with van der Waals surface area (Å²) >= 11 is 1.86. The van der Waals surface area contributed by atoms with Crippen LogP contribution in [0.3, 0.4) is 0 Å². The molecule has 1 amide bonds. The number of rotatable bonds is 4. The molecule has 2 N–H and O–H groups in total. The lowest BCUT2D eigenvalue weighted by Gasteiger charge is -2.13. The number of nitrogens with one attached hydrogen (secondary N) is 2. The minimum atomic E-state index is 0.0283. The molecule has 4 heteroatoms. The van der Waals surface area contributed by atoms with Gasteiger partial charge in [-0.05, 0) is 37.3 Å². The molecule has 0 unspecified atom stereocenters. The first-order valence-corrected chi connectivity index (χ1v) is 7.36. The van der Waals surface area contributed by atoms with Gasteiger partial charge in [0.25, 0.3) is 5.91 Å². The molecular formula is C14H16N2OS. The van der Waals surface area contributed by atoms with Gasteiger partial charge in [-0.2, -0.15) is 11.8 Å². The number of hydrogen-bond acceptors (Lipinski definition) is 2. The van der Waals surface area contributed by atoms with E-state index < -0.39 is 0 Å². The molecule has 3 nitrogen and oxygen atoms in total. The van der Waals surface area contributed by atoms with Crippen molar-refractivity contribution in [3.8, 4) is 0 Å². The second-order valence-electron chi connectivity index (χ2n) is 4.81. The molecule has 0 radical (unpaired) electrons. The lowest BCUT2D eigenvalue weighted by molar-refractivity contribution is 0.0954. The van der Waals surface area contributed by atoms with E-state index in [0.29, 0.717) is 4.75 Å². The van der Waals surface area contributed by atoms with Crippen molar-refractivity contribution >= 4 is 28.6 Å². The predicted octanol–water partition coefficient (Wildman–Crippen LogP) is 2.79. The molecule has 1 heterocycles. The molecule has 0 bridgehead atoms. The number of carbonyl (C=O) groups excluding carboxylic acids is 1. The molecule has 1 aromatic carbocycles. The van der Waals surface area contributed by atoms with E-state index in [-0.39, 0.29) is 5.91 Å². The zero-order valence-corrected chi connectivity index (χ0v) is 11.1. The van der Waals surface area contributed by atoms with E-state index in [1.807, 2.05) is 42.2 Å². The highest BCUT2D eigenvalue weighted by atomic mass is 32.2. The summed E-state index contributed by atoms with van der Waals surface area (Å²) in [5, 5.41) is 4.05. The van der Waals surface area contributed by atoms with Crippen LogP contribution < -0.4 is 5.32 Å². The number of amides is 1. The van der Waals surface area contributed by atoms with Gasteiger partial charge in [-0.15, -0.1) is 0 Å². The summed E-state index contributed by atoms with van der Waals surface area (Å²) in [5.41, 5.74) is 1.76. The predicted molar refractivity (Wildman–Crippen MR) is 76.1 cm³/mol. The molecular weight excluding hydrogens is 244 g/mol. The molecule has 94 valence electrons. The van der Waals surface area contributed by atoms with Crippen molar-refractivity contribution in [3.63, 3.8) is 0 Å². The van der Waals surface area contributed by atoms with E-state index in [9.17, 15) is 4.79 Å². The summed E-state index contributed by atoms with van der Waals surface area (Å²) in [6.07, 6.45) is 6.41. The van der Waals surface area contributed by atoms with Gasteiger partial charge in [0.1, 0.15) is 0 Å². The summed E-state index contributed by atoms with van der Waals surface area (Å²) in [5.74, 6) is 0.0283. The average Bonchev–Trinajstić information content (AvgIpc) is 3.03. The van der Waals surface area contributed by atoms with Gasteiger partial charge in [0.2, 0.25) is 0 Å². The van der Waals surface area contributed by atoms with E-state index in [1.54, 1.807) is 0 Å². The lowest BCUT2D eigenvalue weighted by Crippen LogP contribution is -2.31. The van der Waals surface area contributed by atoms with Gasteiger partial charge in [-0.1, -0.05) is 6.07 Å². The van der Waals surface area contributed by atoms with Gasteiger partial charge in [0.05, 0.1) is 0 Å². The first kappa shape index (κ1) is 11.7. The Hall–Kier alpha value is -1.42. The zero-order valence-electron chi connectivity index (χ0n) is 10.3. The van der Waals surface area contributed by atoms with Crippen LogP contribution in [0.1, 0.15) is 23.2 Å². The average molecular weight is 260 g/mol. The molecule has 3 rings (SSSR count). The Morgan fingerprint density at radius 1 is 1.44 bits per heavy atom. The number of hydrogen-bond donors (Lipinski definition) is 2.